The maximum atomic E-state index is 11.8. The van der Waals surface area contributed by atoms with Crippen molar-refractivity contribution >= 4 is 23.5 Å². The summed E-state index contributed by atoms with van der Waals surface area (Å²) in [5.74, 6) is -3.31. The summed E-state index contributed by atoms with van der Waals surface area (Å²) in [7, 11) is 0. The van der Waals surface area contributed by atoms with E-state index >= 15 is 0 Å². The van der Waals surface area contributed by atoms with E-state index in [-0.39, 0.29) is 23.5 Å². The lowest BCUT2D eigenvalue weighted by molar-refractivity contribution is -0.314. The van der Waals surface area contributed by atoms with Crippen molar-refractivity contribution in [3.63, 3.8) is 0 Å². The number of carboxylic acid groups (broad SMARTS) is 1. The molecule has 0 N–H and O–H groups in total. The number of rotatable bonds is 4. The van der Waals surface area contributed by atoms with E-state index in [1.54, 1.807) is 0 Å². The largest absolute Gasteiger partial charge is 0.550 e. The zero-order valence-electron chi connectivity index (χ0n) is 9.10. The van der Waals surface area contributed by atoms with Gasteiger partial charge in [0.2, 0.25) is 0 Å². The van der Waals surface area contributed by atoms with Crippen LogP contribution in [0.15, 0.2) is 23.8 Å². The lowest BCUT2D eigenvalue weighted by atomic mass is 9.83. The summed E-state index contributed by atoms with van der Waals surface area (Å²) < 4.78 is 4.92. The van der Waals surface area contributed by atoms with Crippen LogP contribution in [-0.4, -0.2) is 18.5 Å². The van der Waals surface area contributed by atoms with Crippen LogP contribution in [-0.2, 0) is 14.3 Å². The van der Waals surface area contributed by atoms with E-state index in [1.165, 1.54) is 0 Å². The van der Waals surface area contributed by atoms with E-state index in [4.69, 9.17) is 16.3 Å². The molecule has 17 heavy (non-hydrogen) atoms. The average molecular weight is 256 g/mol. The average Bonchev–Trinajstić information content (AvgIpc) is 2.84. The normalized spacial score (nSPS) is 33.7. The molecule has 2 bridgehead atoms. The first-order valence-corrected chi connectivity index (χ1v) is 5.77. The van der Waals surface area contributed by atoms with Crippen molar-refractivity contribution in [3.8, 4) is 0 Å². The van der Waals surface area contributed by atoms with Crippen LogP contribution in [0.2, 0.25) is 0 Å². The van der Waals surface area contributed by atoms with Gasteiger partial charge >= 0.3 is 5.97 Å². The maximum absolute atomic E-state index is 11.8. The first-order chi connectivity index (χ1) is 8.00. The molecule has 0 aromatic carbocycles. The molecule has 0 unspecified atom stereocenters. The summed E-state index contributed by atoms with van der Waals surface area (Å²) in [6, 6.07) is 0. The summed E-state index contributed by atoms with van der Waals surface area (Å²) in [4.78, 5) is 22.9. The van der Waals surface area contributed by atoms with Crippen LogP contribution in [0.1, 0.15) is 6.42 Å². The first-order valence-electron chi connectivity index (χ1n) is 5.40. The Morgan fingerprint density at radius 2 is 1.94 bits per heavy atom. The minimum atomic E-state index is -1.19. The van der Waals surface area contributed by atoms with E-state index in [1.807, 2.05) is 12.2 Å². The SMILES string of the molecule is C=C(Cl)COC(=O)[C@@H]1[C@@H](C(=O)[O-])[C@@H]2C=C[C@H]1C2. The topological polar surface area (TPSA) is 66.4 Å². The Kier molecular flexibility index (Phi) is 3.24. The molecule has 4 nitrogen and oxygen atoms in total. The quantitative estimate of drug-likeness (QED) is 0.541. The molecule has 0 aliphatic heterocycles. The molecule has 92 valence electrons. The molecule has 0 heterocycles. The van der Waals surface area contributed by atoms with Crippen LogP contribution in [0.3, 0.4) is 0 Å². The number of halogens is 1. The zero-order valence-corrected chi connectivity index (χ0v) is 9.85. The van der Waals surface area contributed by atoms with Crippen molar-refractivity contribution in [2.75, 3.05) is 6.61 Å². The third-order valence-corrected chi connectivity index (χ3v) is 3.48. The number of carbonyl (C=O) groups excluding carboxylic acids is 2. The van der Waals surface area contributed by atoms with Crippen molar-refractivity contribution in [2.45, 2.75) is 6.42 Å². The monoisotopic (exact) mass is 255 g/mol. The molecule has 0 spiro atoms. The highest BCUT2D eigenvalue weighted by molar-refractivity contribution is 6.29. The summed E-state index contributed by atoms with van der Waals surface area (Å²) in [5, 5.41) is 11.3. The van der Waals surface area contributed by atoms with Crippen LogP contribution >= 0.6 is 11.6 Å². The third-order valence-electron chi connectivity index (χ3n) is 3.37. The number of esters is 1. The number of carboxylic acids is 1. The van der Waals surface area contributed by atoms with Crippen LogP contribution in [0.4, 0.5) is 0 Å². The van der Waals surface area contributed by atoms with Gasteiger partial charge in [-0.25, -0.2) is 0 Å². The number of hydrogen-bond acceptors (Lipinski definition) is 4. The fourth-order valence-electron chi connectivity index (χ4n) is 2.71. The Morgan fingerprint density at radius 1 is 1.35 bits per heavy atom. The summed E-state index contributed by atoms with van der Waals surface area (Å²) >= 11 is 5.49. The summed E-state index contributed by atoms with van der Waals surface area (Å²) in [6.07, 6.45) is 4.40. The summed E-state index contributed by atoms with van der Waals surface area (Å²) in [6.45, 7) is 3.32. The molecule has 0 aromatic rings. The van der Waals surface area contributed by atoms with Gasteiger partial charge in [0.25, 0.3) is 0 Å². The van der Waals surface area contributed by atoms with E-state index in [9.17, 15) is 14.7 Å². The molecule has 1 fully saturated rings. The van der Waals surface area contributed by atoms with Gasteiger partial charge < -0.3 is 14.6 Å². The number of aliphatic carboxylic acids is 1. The van der Waals surface area contributed by atoms with Crippen molar-refractivity contribution < 1.29 is 19.4 Å². The van der Waals surface area contributed by atoms with E-state index < -0.39 is 23.8 Å². The molecular formula is C12H12ClO4-. The fourth-order valence-corrected chi connectivity index (χ4v) is 2.77. The van der Waals surface area contributed by atoms with Gasteiger partial charge in [0.1, 0.15) is 6.61 Å². The maximum Gasteiger partial charge on any atom is 0.310 e. The first kappa shape index (κ1) is 12.2. The number of fused-ring (bicyclic) bond motifs is 2. The Labute approximate surface area is 104 Å². The molecule has 1 saturated carbocycles. The Hall–Kier alpha value is -1.29. The van der Waals surface area contributed by atoms with Crippen LogP contribution < -0.4 is 5.11 Å². The van der Waals surface area contributed by atoms with E-state index in [0.29, 0.717) is 6.42 Å². The molecule has 0 radical (unpaired) electrons. The number of allylic oxidation sites excluding steroid dienone is 2. The van der Waals surface area contributed by atoms with Crippen LogP contribution in [0.25, 0.3) is 0 Å². The molecular weight excluding hydrogens is 244 g/mol. The molecule has 2 aliphatic carbocycles. The zero-order chi connectivity index (χ0) is 12.6. The Balaban J connectivity index is 2.08. The van der Waals surface area contributed by atoms with Gasteiger partial charge in [-0.1, -0.05) is 30.3 Å². The van der Waals surface area contributed by atoms with Gasteiger partial charge in [-0.2, -0.15) is 0 Å². The van der Waals surface area contributed by atoms with Gasteiger partial charge in [-0.15, -0.1) is 0 Å². The molecule has 4 atom stereocenters. The van der Waals surface area contributed by atoms with Gasteiger partial charge in [0.05, 0.1) is 5.92 Å². The fraction of sp³-hybridized carbons (Fsp3) is 0.500. The van der Waals surface area contributed by atoms with Crippen molar-refractivity contribution in [1.82, 2.24) is 0 Å². The summed E-state index contributed by atoms with van der Waals surface area (Å²) in [5.41, 5.74) is 0. The Bertz CT molecular complexity index is 401. The molecule has 2 aliphatic rings. The van der Waals surface area contributed by atoms with Gasteiger partial charge in [-0.3, -0.25) is 4.79 Å². The van der Waals surface area contributed by atoms with E-state index in [2.05, 4.69) is 6.58 Å². The van der Waals surface area contributed by atoms with Gasteiger partial charge in [0, 0.05) is 16.9 Å². The lowest BCUT2D eigenvalue weighted by Gasteiger charge is -2.26. The van der Waals surface area contributed by atoms with Gasteiger partial charge in [-0.05, 0) is 18.3 Å². The minimum absolute atomic E-state index is 0.0565. The second kappa shape index (κ2) is 4.53. The highest BCUT2D eigenvalue weighted by atomic mass is 35.5. The van der Waals surface area contributed by atoms with Gasteiger partial charge in [0.15, 0.2) is 0 Å². The molecule has 0 amide bonds. The highest BCUT2D eigenvalue weighted by Crippen LogP contribution is 2.48. The number of carbonyl (C=O) groups is 2. The molecule has 5 heteroatoms. The number of ether oxygens (including phenoxy) is 1. The predicted molar refractivity (Wildman–Crippen MR) is 58.7 cm³/mol. The second-order valence-corrected chi connectivity index (χ2v) is 4.98. The van der Waals surface area contributed by atoms with Crippen molar-refractivity contribution in [3.05, 3.63) is 23.8 Å². The van der Waals surface area contributed by atoms with Crippen molar-refractivity contribution in [2.24, 2.45) is 23.7 Å². The van der Waals surface area contributed by atoms with Crippen molar-refractivity contribution in [1.29, 1.82) is 0 Å². The third kappa shape index (κ3) is 2.22. The molecule has 0 saturated heterocycles. The standard InChI is InChI=1S/C12H13ClO4/c1-6(13)5-17-12(16)10-8-3-2-7(4-8)9(10)11(14)15/h2-3,7-10H,1,4-5H2,(H,14,15)/p-1/t7-,8+,9+,10+/m1/s1. The smallest absolute Gasteiger partial charge is 0.310 e. The highest BCUT2D eigenvalue weighted by Gasteiger charge is 2.49. The Morgan fingerprint density at radius 3 is 2.47 bits per heavy atom. The predicted octanol–water partition coefficient (Wildman–Crippen LogP) is 0.470. The van der Waals surface area contributed by atoms with Crippen LogP contribution in [0, 0.1) is 23.7 Å². The minimum Gasteiger partial charge on any atom is -0.550 e. The van der Waals surface area contributed by atoms with Crippen LogP contribution in [0.5, 0.6) is 0 Å². The second-order valence-electron chi connectivity index (χ2n) is 4.44. The lowest BCUT2D eigenvalue weighted by Crippen LogP contribution is -2.41. The molecule has 2 rings (SSSR count). The number of hydrogen-bond donors (Lipinski definition) is 0. The molecule has 0 aromatic heterocycles. The van der Waals surface area contributed by atoms with E-state index in [0.717, 1.165) is 0 Å².